The zero-order valence-corrected chi connectivity index (χ0v) is 11.4. The summed E-state index contributed by atoms with van der Waals surface area (Å²) in [5.74, 6) is 0.148. The van der Waals surface area contributed by atoms with E-state index in [2.05, 4.69) is 36.5 Å². The van der Waals surface area contributed by atoms with Gasteiger partial charge >= 0.3 is 0 Å². The molecule has 19 heavy (non-hydrogen) atoms. The van der Waals surface area contributed by atoms with Crippen LogP contribution in [0.15, 0.2) is 54.6 Å². The second-order valence-electron chi connectivity index (χ2n) is 4.78. The number of benzene rings is 2. The second-order valence-corrected chi connectivity index (χ2v) is 4.78. The smallest absolute Gasteiger partial charge is 0.143 e. The Hall–Kier alpha value is -1.93. The minimum atomic E-state index is 0.0614. The monoisotopic (exact) mass is 253 g/mol. The van der Waals surface area contributed by atoms with Gasteiger partial charge in [-0.15, -0.1) is 0 Å². The Balaban J connectivity index is 2.35. The molecular weight excluding hydrogens is 234 g/mol. The molecule has 2 nitrogen and oxygen atoms in total. The van der Waals surface area contributed by atoms with Gasteiger partial charge in [-0.3, -0.25) is 10.1 Å². The van der Waals surface area contributed by atoms with Crippen molar-refractivity contribution in [1.29, 1.82) is 0 Å². The largest absolute Gasteiger partial charge is 0.299 e. The van der Waals surface area contributed by atoms with Crippen molar-refractivity contribution in [1.82, 2.24) is 5.32 Å². The third-order valence-electron chi connectivity index (χ3n) is 3.19. The van der Waals surface area contributed by atoms with Crippen LogP contribution in [0.2, 0.25) is 0 Å². The van der Waals surface area contributed by atoms with Crippen molar-refractivity contribution < 1.29 is 4.79 Å². The van der Waals surface area contributed by atoms with Crippen molar-refractivity contribution in [2.75, 3.05) is 6.54 Å². The van der Waals surface area contributed by atoms with E-state index in [0.29, 0.717) is 6.54 Å². The van der Waals surface area contributed by atoms with Gasteiger partial charge in [-0.1, -0.05) is 54.6 Å². The lowest BCUT2D eigenvalue weighted by Gasteiger charge is -2.21. The van der Waals surface area contributed by atoms with Crippen molar-refractivity contribution in [3.8, 4) is 0 Å². The number of ketones is 1. The maximum Gasteiger partial charge on any atom is 0.143 e. The molecule has 2 aromatic rings. The van der Waals surface area contributed by atoms with Crippen LogP contribution in [0.5, 0.6) is 0 Å². The Bertz CT molecular complexity index is 548. The molecule has 2 aromatic carbocycles. The van der Waals surface area contributed by atoms with Gasteiger partial charge in [0.15, 0.2) is 0 Å². The molecule has 0 saturated heterocycles. The highest BCUT2D eigenvalue weighted by Gasteiger charge is 2.15. The molecular formula is C17H19NO. The highest BCUT2D eigenvalue weighted by Crippen LogP contribution is 2.24. The summed E-state index contributed by atoms with van der Waals surface area (Å²) in [5, 5.41) is 3.34. The highest BCUT2D eigenvalue weighted by molar-refractivity contribution is 5.77. The summed E-state index contributed by atoms with van der Waals surface area (Å²) in [6, 6.07) is 18.6. The molecule has 1 N–H and O–H groups in total. The first-order valence-corrected chi connectivity index (χ1v) is 6.52. The number of carbonyl (C=O) groups excluding carboxylic acids is 1. The molecule has 1 atom stereocenters. The molecule has 0 saturated carbocycles. The first kappa shape index (κ1) is 13.5. The number of Topliss-reactive ketones (excluding diaryl/α,β-unsaturated/α-hetero) is 1. The Morgan fingerprint density at radius 3 is 2.32 bits per heavy atom. The Morgan fingerprint density at radius 1 is 1.05 bits per heavy atom. The Kier molecular flexibility index (Phi) is 4.48. The number of aryl methyl sites for hydroxylation is 1. The van der Waals surface area contributed by atoms with Crippen LogP contribution in [0.4, 0.5) is 0 Å². The second kappa shape index (κ2) is 6.30. The maximum atomic E-state index is 11.2. The van der Waals surface area contributed by atoms with E-state index < -0.39 is 0 Å². The van der Waals surface area contributed by atoms with Crippen LogP contribution < -0.4 is 5.32 Å². The molecule has 0 radical (unpaired) electrons. The maximum absolute atomic E-state index is 11.2. The molecule has 0 spiro atoms. The summed E-state index contributed by atoms with van der Waals surface area (Å²) in [5.41, 5.74) is 3.63. The van der Waals surface area contributed by atoms with Crippen molar-refractivity contribution >= 4 is 5.78 Å². The molecule has 0 heterocycles. The van der Waals surface area contributed by atoms with E-state index >= 15 is 0 Å². The average Bonchev–Trinajstić information content (AvgIpc) is 2.42. The van der Waals surface area contributed by atoms with Gasteiger partial charge in [0.1, 0.15) is 5.78 Å². The minimum absolute atomic E-state index is 0.0614. The SMILES string of the molecule is CC(=O)CNC(c1ccccc1)c1ccccc1C. The lowest BCUT2D eigenvalue weighted by atomic mass is 9.95. The van der Waals surface area contributed by atoms with Crippen LogP contribution in [0, 0.1) is 6.92 Å². The molecule has 0 bridgehead atoms. The van der Waals surface area contributed by atoms with E-state index in [4.69, 9.17) is 0 Å². The van der Waals surface area contributed by atoms with Crippen molar-refractivity contribution in [2.24, 2.45) is 0 Å². The first-order valence-electron chi connectivity index (χ1n) is 6.52. The van der Waals surface area contributed by atoms with Crippen LogP contribution in [-0.4, -0.2) is 12.3 Å². The van der Waals surface area contributed by atoms with Gasteiger partial charge in [0, 0.05) is 0 Å². The molecule has 1 unspecified atom stereocenters. The normalized spacial score (nSPS) is 12.1. The third kappa shape index (κ3) is 3.52. The summed E-state index contributed by atoms with van der Waals surface area (Å²) in [6.07, 6.45) is 0. The first-order chi connectivity index (χ1) is 9.18. The van der Waals surface area contributed by atoms with E-state index in [1.807, 2.05) is 30.3 Å². The Morgan fingerprint density at radius 2 is 1.68 bits per heavy atom. The quantitative estimate of drug-likeness (QED) is 0.886. The van der Waals surface area contributed by atoms with E-state index in [1.54, 1.807) is 6.92 Å². The molecule has 0 amide bonds. The lowest BCUT2D eigenvalue weighted by molar-refractivity contribution is -0.116. The summed E-state index contributed by atoms with van der Waals surface area (Å²) < 4.78 is 0. The summed E-state index contributed by atoms with van der Waals surface area (Å²) in [4.78, 5) is 11.2. The molecule has 0 aliphatic heterocycles. The molecule has 98 valence electrons. The predicted octanol–water partition coefficient (Wildman–Crippen LogP) is 3.26. The fourth-order valence-corrected chi connectivity index (χ4v) is 2.21. The van der Waals surface area contributed by atoms with Crippen molar-refractivity contribution in [3.63, 3.8) is 0 Å². The van der Waals surface area contributed by atoms with E-state index in [0.717, 1.165) is 0 Å². The number of hydrogen-bond donors (Lipinski definition) is 1. The van der Waals surface area contributed by atoms with Crippen LogP contribution >= 0.6 is 0 Å². The summed E-state index contributed by atoms with van der Waals surface area (Å²) >= 11 is 0. The van der Waals surface area contributed by atoms with Gasteiger partial charge in [0.05, 0.1) is 12.6 Å². The fraction of sp³-hybridized carbons (Fsp3) is 0.235. The highest BCUT2D eigenvalue weighted by atomic mass is 16.1. The standard InChI is InChI=1S/C17H19NO/c1-13-8-6-7-11-16(13)17(18-12-14(2)19)15-9-4-3-5-10-15/h3-11,17-18H,12H2,1-2H3. The number of rotatable bonds is 5. The summed E-state index contributed by atoms with van der Waals surface area (Å²) in [7, 11) is 0. The van der Waals surface area contributed by atoms with E-state index in [1.165, 1.54) is 16.7 Å². The van der Waals surface area contributed by atoms with Crippen LogP contribution in [0.25, 0.3) is 0 Å². The summed E-state index contributed by atoms with van der Waals surface area (Å²) in [6.45, 7) is 4.08. The number of carbonyl (C=O) groups is 1. The van der Waals surface area contributed by atoms with E-state index in [-0.39, 0.29) is 11.8 Å². The number of hydrogen-bond acceptors (Lipinski definition) is 2. The molecule has 0 aromatic heterocycles. The average molecular weight is 253 g/mol. The lowest BCUT2D eigenvalue weighted by Crippen LogP contribution is -2.27. The van der Waals surface area contributed by atoms with Gasteiger partial charge < -0.3 is 0 Å². The molecule has 0 aliphatic carbocycles. The predicted molar refractivity (Wildman–Crippen MR) is 78.1 cm³/mol. The van der Waals surface area contributed by atoms with Gasteiger partial charge in [0.2, 0.25) is 0 Å². The molecule has 2 rings (SSSR count). The van der Waals surface area contributed by atoms with Gasteiger partial charge in [0.25, 0.3) is 0 Å². The molecule has 0 fully saturated rings. The van der Waals surface area contributed by atoms with Crippen molar-refractivity contribution in [2.45, 2.75) is 19.9 Å². The zero-order valence-electron chi connectivity index (χ0n) is 11.4. The van der Waals surface area contributed by atoms with Crippen LogP contribution in [0.3, 0.4) is 0 Å². The van der Waals surface area contributed by atoms with Crippen LogP contribution in [-0.2, 0) is 4.79 Å². The molecule has 2 heteroatoms. The van der Waals surface area contributed by atoms with Gasteiger partial charge in [-0.2, -0.15) is 0 Å². The minimum Gasteiger partial charge on any atom is -0.299 e. The van der Waals surface area contributed by atoms with Crippen molar-refractivity contribution in [3.05, 3.63) is 71.3 Å². The fourth-order valence-electron chi connectivity index (χ4n) is 2.21. The van der Waals surface area contributed by atoms with Gasteiger partial charge in [-0.05, 0) is 30.5 Å². The van der Waals surface area contributed by atoms with Crippen LogP contribution in [0.1, 0.15) is 29.7 Å². The topological polar surface area (TPSA) is 29.1 Å². The van der Waals surface area contributed by atoms with E-state index in [9.17, 15) is 4.79 Å². The molecule has 0 aliphatic rings. The van der Waals surface area contributed by atoms with Gasteiger partial charge in [-0.25, -0.2) is 0 Å². The Labute approximate surface area is 114 Å². The number of nitrogens with one attached hydrogen (secondary N) is 1. The third-order valence-corrected chi connectivity index (χ3v) is 3.19. The zero-order chi connectivity index (χ0) is 13.7.